The second-order valence-corrected chi connectivity index (χ2v) is 8.23. The average molecular weight is 415 g/mol. The van der Waals surface area contributed by atoms with Crippen molar-refractivity contribution in [2.24, 2.45) is 5.92 Å². The quantitative estimate of drug-likeness (QED) is 0.750. The minimum atomic E-state index is -4.53. The summed E-state index contributed by atoms with van der Waals surface area (Å²) in [5.41, 5.74) is -1.10. The van der Waals surface area contributed by atoms with Gasteiger partial charge in [0.05, 0.1) is 24.4 Å². The van der Waals surface area contributed by atoms with E-state index in [1.54, 1.807) is 0 Å². The Morgan fingerprint density at radius 2 is 1.97 bits per heavy atom. The molecule has 4 rings (SSSR count). The van der Waals surface area contributed by atoms with E-state index in [1.807, 2.05) is 0 Å². The minimum Gasteiger partial charge on any atom is -0.366 e. The first-order chi connectivity index (χ1) is 13.8. The van der Waals surface area contributed by atoms with Crippen LogP contribution < -0.4 is 5.32 Å². The Hall–Kier alpha value is -1.71. The molecule has 3 fully saturated rings. The minimum absolute atomic E-state index is 0.0175. The largest absolute Gasteiger partial charge is 0.416 e. The lowest BCUT2D eigenvalue weighted by molar-refractivity contribution is -0.141. The van der Waals surface area contributed by atoms with E-state index in [1.165, 1.54) is 0 Å². The fourth-order valence-electron chi connectivity index (χ4n) is 4.58. The smallest absolute Gasteiger partial charge is 0.366 e. The van der Waals surface area contributed by atoms with E-state index in [0.717, 1.165) is 57.5 Å². The lowest BCUT2D eigenvalue weighted by atomic mass is 9.91. The van der Waals surface area contributed by atoms with Crippen molar-refractivity contribution in [3.05, 3.63) is 35.1 Å². The molecule has 3 heterocycles. The molecule has 1 aromatic carbocycles. The Labute approximate surface area is 167 Å². The predicted molar refractivity (Wildman–Crippen MR) is 97.5 cm³/mol. The van der Waals surface area contributed by atoms with Crippen LogP contribution in [0.25, 0.3) is 0 Å². The molecule has 0 aliphatic carbocycles. The molecular formula is C20H25F4N3O2. The molecule has 9 heteroatoms. The zero-order valence-corrected chi connectivity index (χ0v) is 16.1. The fourth-order valence-corrected chi connectivity index (χ4v) is 4.58. The molecule has 1 aromatic rings. The summed E-state index contributed by atoms with van der Waals surface area (Å²) in [5, 5.41) is 2.98. The van der Waals surface area contributed by atoms with Crippen LogP contribution in [0.1, 0.15) is 24.0 Å². The second-order valence-electron chi connectivity index (χ2n) is 8.23. The first-order valence-electron chi connectivity index (χ1n) is 10.00. The highest BCUT2D eigenvalue weighted by Gasteiger charge is 2.37. The summed E-state index contributed by atoms with van der Waals surface area (Å²) in [6.07, 6.45) is -2.95. The monoisotopic (exact) mass is 415 g/mol. The molecule has 160 valence electrons. The molecule has 0 unspecified atom stereocenters. The predicted octanol–water partition coefficient (Wildman–Crippen LogP) is 2.26. The Morgan fingerprint density at radius 3 is 2.72 bits per heavy atom. The van der Waals surface area contributed by atoms with Gasteiger partial charge in [0, 0.05) is 31.7 Å². The summed E-state index contributed by atoms with van der Waals surface area (Å²) in [6.45, 7) is 4.12. The number of nitrogens with one attached hydrogen (secondary N) is 1. The number of carbonyl (C=O) groups is 1. The van der Waals surface area contributed by atoms with E-state index in [0.29, 0.717) is 6.42 Å². The molecule has 0 aromatic heterocycles. The van der Waals surface area contributed by atoms with Crippen LogP contribution in [0.2, 0.25) is 0 Å². The van der Waals surface area contributed by atoms with Gasteiger partial charge in [-0.15, -0.1) is 0 Å². The number of halogens is 4. The van der Waals surface area contributed by atoms with E-state index in [4.69, 9.17) is 4.74 Å². The number of morpholine rings is 1. The van der Waals surface area contributed by atoms with Crippen molar-refractivity contribution >= 4 is 5.91 Å². The van der Waals surface area contributed by atoms with Crippen molar-refractivity contribution in [3.8, 4) is 0 Å². The van der Waals surface area contributed by atoms with Crippen molar-refractivity contribution in [2.75, 3.05) is 39.5 Å². The van der Waals surface area contributed by atoms with Gasteiger partial charge >= 0.3 is 6.18 Å². The summed E-state index contributed by atoms with van der Waals surface area (Å²) in [4.78, 5) is 16.0. The summed E-state index contributed by atoms with van der Waals surface area (Å²) in [7, 11) is 0. The van der Waals surface area contributed by atoms with Crippen molar-refractivity contribution in [1.82, 2.24) is 15.1 Å². The van der Waals surface area contributed by atoms with Gasteiger partial charge < -0.3 is 10.1 Å². The van der Waals surface area contributed by atoms with E-state index in [2.05, 4.69) is 15.1 Å². The van der Waals surface area contributed by atoms with Gasteiger partial charge in [0.2, 0.25) is 5.91 Å². The number of amides is 1. The molecule has 2 atom stereocenters. The molecule has 1 N–H and O–H groups in total. The maximum Gasteiger partial charge on any atom is 0.416 e. The Kier molecular flexibility index (Phi) is 5.81. The van der Waals surface area contributed by atoms with Gasteiger partial charge in [-0.3, -0.25) is 14.6 Å². The topological polar surface area (TPSA) is 44.8 Å². The number of ether oxygens (including phenoxy) is 1. The van der Waals surface area contributed by atoms with Crippen LogP contribution in [0.4, 0.5) is 17.6 Å². The highest BCUT2D eigenvalue weighted by molar-refractivity contribution is 5.78. The van der Waals surface area contributed by atoms with E-state index < -0.39 is 17.6 Å². The van der Waals surface area contributed by atoms with Gasteiger partial charge in [0.1, 0.15) is 12.4 Å². The van der Waals surface area contributed by atoms with Crippen LogP contribution in [-0.4, -0.2) is 67.3 Å². The molecule has 3 saturated heterocycles. The molecule has 3 aliphatic heterocycles. The number of hydrogen-bond donors (Lipinski definition) is 1. The zero-order valence-electron chi connectivity index (χ0n) is 16.1. The van der Waals surface area contributed by atoms with Crippen LogP contribution in [-0.2, 0) is 22.1 Å². The fraction of sp³-hybridized carbons (Fsp3) is 0.650. The third-order valence-electron chi connectivity index (χ3n) is 6.07. The van der Waals surface area contributed by atoms with Crippen molar-refractivity contribution in [3.63, 3.8) is 0 Å². The van der Waals surface area contributed by atoms with Crippen LogP contribution in [0.15, 0.2) is 18.2 Å². The van der Waals surface area contributed by atoms with Crippen LogP contribution >= 0.6 is 0 Å². The molecule has 5 nitrogen and oxygen atoms in total. The number of rotatable bonds is 5. The number of piperidine rings is 1. The molecule has 0 spiro atoms. The third kappa shape index (κ3) is 4.73. The first kappa shape index (κ1) is 20.6. The summed E-state index contributed by atoms with van der Waals surface area (Å²) in [6, 6.07) is 3.16. The molecule has 29 heavy (non-hydrogen) atoms. The number of hydrogen-bond acceptors (Lipinski definition) is 4. The van der Waals surface area contributed by atoms with Gasteiger partial charge in [-0.1, -0.05) is 6.07 Å². The Bertz CT molecular complexity index is 752. The van der Waals surface area contributed by atoms with Gasteiger partial charge in [0.25, 0.3) is 0 Å². The summed E-state index contributed by atoms with van der Waals surface area (Å²) < 4.78 is 58.8. The molecule has 0 saturated carbocycles. The molecule has 0 bridgehead atoms. The van der Waals surface area contributed by atoms with Crippen LogP contribution in [0.3, 0.4) is 0 Å². The highest BCUT2D eigenvalue weighted by atomic mass is 19.4. The van der Waals surface area contributed by atoms with E-state index in [9.17, 15) is 22.4 Å². The van der Waals surface area contributed by atoms with Crippen LogP contribution in [0.5, 0.6) is 0 Å². The van der Waals surface area contributed by atoms with E-state index in [-0.39, 0.29) is 42.6 Å². The number of nitrogens with zero attached hydrogens (tertiary/aromatic N) is 2. The summed E-state index contributed by atoms with van der Waals surface area (Å²) >= 11 is 0. The molecule has 3 aliphatic rings. The standard InChI is InChI=1S/C20H25F4N3O2/c21-16-3-1-2-15(20(22,23)24)14(16)5-4-13-8-27(9-13)12-26-7-6-18-17(10-26)25-19(28)11-29-18/h1-3,13,17-18H,4-12H2,(H,25,28)/t17-,18+/m1/s1. The van der Waals surface area contributed by atoms with Crippen molar-refractivity contribution in [1.29, 1.82) is 0 Å². The first-order valence-corrected chi connectivity index (χ1v) is 10.00. The number of fused-ring (bicyclic) bond motifs is 1. The highest BCUT2D eigenvalue weighted by Crippen LogP contribution is 2.34. The van der Waals surface area contributed by atoms with Gasteiger partial charge in [-0.05, 0) is 37.3 Å². The van der Waals surface area contributed by atoms with E-state index >= 15 is 0 Å². The molecule has 1 amide bonds. The lowest BCUT2D eigenvalue weighted by Gasteiger charge is -2.46. The number of benzene rings is 1. The number of likely N-dealkylation sites (tertiary alicyclic amines) is 2. The van der Waals surface area contributed by atoms with Gasteiger partial charge in [-0.25, -0.2) is 4.39 Å². The molecular weight excluding hydrogens is 390 g/mol. The maximum atomic E-state index is 13.9. The Balaban J connectivity index is 1.23. The zero-order chi connectivity index (χ0) is 20.6. The lowest BCUT2D eigenvalue weighted by Crippen LogP contribution is -2.62. The van der Waals surface area contributed by atoms with Crippen LogP contribution in [0, 0.1) is 11.7 Å². The summed E-state index contributed by atoms with van der Waals surface area (Å²) in [5.74, 6) is -0.593. The maximum absolute atomic E-state index is 13.9. The average Bonchev–Trinajstić information content (AvgIpc) is 2.63. The third-order valence-corrected chi connectivity index (χ3v) is 6.07. The second kappa shape index (κ2) is 8.20. The van der Waals surface area contributed by atoms with Crippen molar-refractivity contribution in [2.45, 2.75) is 37.6 Å². The Morgan fingerprint density at radius 1 is 1.17 bits per heavy atom. The van der Waals surface area contributed by atoms with Gasteiger partial charge in [-0.2, -0.15) is 13.2 Å². The number of carbonyl (C=O) groups excluding carboxylic acids is 1. The normalized spacial score (nSPS) is 26.7. The SMILES string of the molecule is O=C1CO[C@H]2CCN(CN3CC(CCc4c(F)cccc4C(F)(F)F)C3)C[C@H]2N1. The molecule has 0 radical (unpaired) electrons. The van der Waals surface area contributed by atoms with Gasteiger partial charge in [0.15, 0.2) is 0 Å². The number of alkyl halides is 3. The van der Waals surface area contributed by atoms with Crippen molar-refractivity contribution < 1.29 is 27.1 Å².